The summed E-state index contributed by atoms with van der Waals surface area (Å²) in [4.78, 5) is 41.0. The third-order valence-corrected chi connectivity index (χ3v) is 4.84. The minimum atomic E-state index is -0.589. The molecule has 1 aromatic carbocycles. The molecule has 2 amide bonds. The second-order valence-electron chi connectivity index (χ2n) is 7.38. The molecular formula is C20H25FN4O4. The zero-order chi connectivity index (χ0) is 21.1. The number of carbonyl (C=O) groups is 3. The molecule has 0 atom stereocenters. The second-order valence-corrected chi connectivity index (χ2v) is 7.38. The lowest BCUT2D eigenvalue weighted by molar-refractivity contribution is -0.134. The molecule has 1 saturated heterocycles. The number of hydrogen-bond acceptors (Lipinski definition) is 6. The molecule has 3 rings (SSSR count). The maximum Gasteiger partial charge on any atom is 0.341 e. The van der Waals surface area contributed by atoms with Crippen LogP contribution < -0.4 is 10.2 Å². The molecule has 29 heavy (non-hydrogen) atoms. The Hall–Kier alpha value is -2.94. The zero-order valence-electron chi connectivity index (χ0n) is 16.8. The van der Waals surface area contributed by atoms with Crippen LogP contribution >= 0.6 is 0 Å². The lowest BCUT2D eigenvalue weighted by atomic mass is 10.0. The maximum atomic E-state index is 14.8. The molecule has 0 aliphatic carbocycles. The fraction of sp³-hybridized carbons (Fsp3) is 0.450. The average Bonchev–Trinajstić information content (AvgIpc) is 3.00. The molecule has 0 aromatic heterocycles. The predicted molar refractivity (Wildman–Crippen MR) is 105 cm³/mol. The standard InChI is InChI=1S/C20H25FN4O4/c1-13(26)22-16-12-29-20(28)19(16)14-4-5-17(15(21)10-14)24-6-8-25(9-7-24)18(27)11-23(2)3/h4-5,10H,6-9,11-12H2,1-3H3,(H,22,26). The summed E-state index contributed by atoms with van der Waals surface area (Å²) in [6.07, 6.45) is 0. The van der Waals surface area contributed by atoms with Gasteiger partial charge in [0, 0.05) is 33.1 Å². The third-order valence-electron chi connectivity index (χ3n) is 4.84. The molecule has 156 valence electrons. The lowest BCUT2D eigenvalue weighted by Gasteiger charge is -2.36. The number of nitrogens with zero attached hydrogens (tertiary/aromatic N) is 3. The summed E-state index contributed by atoms with van der Waals surface area (Å²) in [5.74, 6) is -1.32. The Kier molecular flexibility index (Phi) is 6.17. The summed E-state index contributed by atoms with van der Waals surface area (Å²) in [7, 11) is 3.69. The van der Waals surface area contributed by atoms with Gasteiger partial charge < -0.3 is 24.8 Å². The summed E-state index contributed by atoms with van der Waals surface area (Å²) >= 11 is 0. The van der Waals surface area contributed by atoms with Crippen molar-refractivity contribution < 1.29 is 23.5 Å². The van der Waals surface area contributed by atoms with Crippen LogP contribution in [0.1, 0.15) is 12.5 Å². The van der Waals surface area contributed by atoms with Crippen LogP contribution in [-0.4, -0.2) is 81.0 Å². The quantitative estimate of drug-likeness (QED) is 0.718. The highest BCUT2D eigenvalue weighted by Crippen LogP contribution is 2.29. The zero-order valence-corrected chi connectivity index (χ0v) is 16.8. The Bertz CT molecular complexity index is 860. The van der Waals surface area contributed by atoms with E-state index in [2.05, 4.69) is 5.32 Å². The average molecular weight is 404 g/mol. The summed E-state index contributed by atoms with van der Waals surface area (Å²) in [6, 6.07) is 4.54. The Labute approximate surface area is 168 Å². The van der Waals surface area contributed by atoms with Gasteiger partial charge in [-0.05, 0) is 31.8 Å². The van der Waals surface area contributed by atoms with Gasteiger partial charge in [0.05, 0.1) is 23.5 Å². The Morgan fingerprint density at radius 2 is 1.90 bits per heavy atom. The molecule has 9 heteroatoms. The first-order chi connectivity index (χ1) is 13.8. The van der Waals surface area contributed by atoms with E-state index in [-0.39, 0.29) is 24.0 Å². The second kappa shape index (κ2) is 8.60. The molecule has 1 fully saturated rings. The van der Waals surface area contributed by atoms with Crippen LogP contribution in [0.4, 0.5) is 10.1 Å². The number of rotatable bonds is 5. The maximum absolute atomic E-state index is 14.8. The van der Waals surface area contributed by atoms with Crippen LogP contribution in [0, 0.1) is 5.82 Å². The first-order valence-corrected chi connectivity index (χ1v) is 9.41. The van der Waals surface area contributed by atoms with E-state index in [1.807, 2.05) is 23.9 Å². The van der Waals surface area contributed by atoms with Gasteiger partial charge >= 0.3 is 5.97 Å². The largest absolute Gasteiger partial charge is 0.456 e. The molecule has 1 aromatic rings. The van der Waals surface area contributed by atoms with Gasteiger partial charge in [0.15, 0.2) is 0 Å². The summed E-state index contributed by atoms with van der Waals surface area (Å²) in [5, 5.41) is 2.57. The van der Waals surface area contributed by atoms with Crippen molar-refractivity contribution in [1.82, 2.24) is 15.1 Å². The number of carbonyl (C=O) groups excluding carboxylic acids is 3. The van der Waals surface area contributed by atoms with Gasteiger partial charge in [0.25, 0.3) is 0 Å². The van der Waals surface area contributed by atoms with Crippen molar-refractivity contribution in [3.8, 4) is 0 Å². The van der Waals surface area contributed by atoms with Crippen molar-refractivity contribution in [3.63, 3.8) is 0 Å². The predicted octanol–water partition coefficient (Wildman–Crippen LogP) is 0.440. The first kappa shape index (κ1) is 20.8. The number of benzene rings is 1. The van der Waals surface area contributed by atoms with Crippen molar-refractivity contribution in [1.29, 1.82) is 0 Å². The molecule has 1 N–H and O–H groups in total. The van der Waals surface area contributed by atoms with E-state index in [9.17, 15) is 18.8 Å². The van der Waals surface area contributed by atoms with E-state index >= 15 is 0 Å². The number of halogens is 1. The van der Waals surface area contributed by atoms with E-state index in [4.69, 9.17) is 4.74 Å². The van der Waals surface area contributed by atoms with E-state index in [0.29, 0.717) is 49.7 Å². The van der Waals surface area contributed by atoms with Crippen molar-refractivity contribution in [2.75, 3.05) is 58.3 Å². The normalized spacial score (nSPS) is 17.1. The Morgan fingerprint density at radius 3 is 2.48 bits per heavy atom. The van der Waals surface area contributed by atoms with Gasteiger partial charge in [-0.3, -0.25) is 9.59 Å². The van der Waals surface area contributed by atoms with E-state index in [1.54, 1.807) is 17.0 Å². The number of piperazine rings is 1. The smallest absolute Gasteiger partial charge is 0.341 e. The number of anilines is 1. The molecular weight excluding hydrogens is 379 g/mol. The SMILES string of the molecule is CC(=O)NC1=C(c2ccc(N3CCN(C(=O)CN(C)C)CC3)c(F)c2)C(=O)OC1. The molecule has 0 spiro atoms. The molecule has 8 nitrogen and oxygen atoms in total. The minimum Gasteiger partial charge on any atom is -0.456 e. The number of likely N-dealkylation sites (N-methyl/N-ethyl adjacent to an activating group) is 1. The highest BCUT2D eigenvalue weighted by atomic mass is 19.1. The van der Waals surface area contributed by atoms with Crippen LogP contribution in [0.2, 0.25) is 0 Å². The van der Waals surface area contributed by atoms with Gasteiger partial charge in [-0.15, -0.1) is 0 Å². The number of cyclic esters (lactones) is 1. The molecule has 2 aliphatic rings. The van der Waals surface area contributed by atoms with Gasteiger partial charge in [-0.1, -0.05) is 6.07 Å². The monoisotopic (exact) mass is 404 g/mol. The van der Waals surface area contributed by atoms with Crippen molar-refractivity contribution >= 4 is 29.0 Å². The van der Waals surface area contributed by atoms with Crippen LogP contribution in [-0.2, 0) is 19.1 Å². The lowest BCUT2D eigenvalue weighted by Crippen LogP contribution is -2.51. The highest BCUT2D eigenvalue weighted by Gasteiger charge is 2.28. The van der Waals surface area contributed by atoms with E-state index in [0.717, 1.165) is 0 Å². The van der Waals surface area contributed by atoms with E-state index < -0.39 is 11.8 Å². The van der Waals surface area contributed by atoms with Gasteiger partial charge in [-0.25, -0.2) is 9.18 Å². The fourth-order valence-electron chi connectivity index (χ4n) is 3.49. The number of nitrogens with one attached hydrogen (secondary N) is 1. The molecule has 0 radical (unpaired) electrons. The molecule has 0 unspecified atom stereocenters. The third kappa shape index (κ3) is 4.73. The van der Waals surface area contributed by atoms with Gasteiger partial charge in [0.1, 0.15) is 12.4 Å². The summed E-state index contributed by atoms with van der Waals surface area (Å²) < 4.78 is 19.8. The number of ether oxygens (including phenoxy) is 1. The highest BCUT2D eigenvalue weighted by molar-refractivity contribution is 6.19. The molecule has 0 bridgehead atoms. The van der Waals surface area contributed by atoms with Crippen LogP contribution in [0.25, 0.3) is 5.57 Å². The van der Waals surface area contributed by atoms with Crippen molar-refractivity contribution in [2.45, 2.75) is 6.92 Å². The minimum absolute atomic E-state index is 0.0416. The summed E-state index contributed by atoms with van der Waals surface area (Å²) in [6.45, 7) is 3.75. The Morgan fingerprint density at radius 1 is 1.21 bits per heavy atom. The van der Waals surface area contributed by atoms with Gasteiger partial charge in [-0.2, -0.15) is 0 Å². The van der Waals surface area contributed by atoms with E-state index in [1.165, 1.54) is 13.0 Å². The fourth-order valence-corrected chi connectivity index (χ4v) is 3.49. The summed E-state index contributed by atoms with van der Waals surface area (Å²) in [5.41, 5.74) is 1.28. The number of amides is 2. The van der Waals surface area contributed by atoms with Crippen LogP contribution in [0.3, 0.4) is 0 Å². The molecule has 0 saturated carbocycles. The van der Waals surface area contributed by atoms with Gasteiger partial charge in [0.2, 0.25) is 11.8 Å². The number of esters is 1. The number of hydrogen-bond donors (Lipinski definition) is 1. The van der Waals surface area contributed by atoms with Crippen molar-refractivity contribution in [2.24, 2.45) is 0 Å². The van der Waals surface area contributed by atoms with Crippen LogP contribution in [0.5, 0.6) is 0 Å². The first-order valence-electron chi connectivity index (χ1n) is 9.41. The van der Waals surface area contributed by atoms with Crippen LogP contribution in [0.15, 0.2) is 23.9 Å². The molecule has 2 aliphatic heterocycles. The Balaban J connectivity index is 1.73. The topological polar surface area (TPSA) is 82.2 Å². The van der Waals surface area contributed by atoms with Crippen molar-refractivity contribution in [3.05, 3.63) is 35.3 Å². The molecule has 2 heterocycles.